The smallest absolute Gasteiger partial charge is 0.144 e. The van der Waals surface area contributed by atoms with E-state index < -0.39 is 0 Å². The Hall–Kier alpha value is -6.71. The molecule has 0 amide bonds. The Morgan fingerprint density at radius 2 is 1.10 bits per heavy atom. The van der Waals surface area contributed by atoms with Crippen molar-refractivity contribution in [3.05, 3.63) is 182 Å². The van der Waals surface area contributed by atoms with Gasteiger partial charge in [-0.3, -0.25) is 4.98 Å². The average molecular weight is 639 g/mol. The third-order valence-electron chi connectivity index (χ3n) is 9.93. The summed E-state index contributed by atoms with van der Waals surface area (Å²) in [5.74, 6) is 0. The van der Waals surface area contributed by atoms with E-state index in [1.165, 1.54) is 38.2 Å². The van der Waals surface area contributed by atoms with Crippen LogP contribution in [0.5, 0.6) is 0 Å². The van der Waals surface area contributed by atoms with Crippen molar-refractivity contribution in [1.82, 2.24) is 4.98 Å². The molecule has 3 nitrogen and oxygen atoms in total. The number of fused-ring (bicyclic) bond motifs is 7. The molecule has 2 aromatic heterocycles. The van der Waals surface area contributed by atoms with Gasteiger partial charge in [-0.05, 0) is 92.2 Å². The number of anilines is 3. The maximum atomic E-state index is 6.64. The van der Waals surface area contributed by atoms with Gasteiger partial charge in [0.15, 0.2) is 0 Å². The van der Waals surface area contributed by atoms with E-state index >= 15 is 0 Å². The molecular formula is C47H30N2O. The zero-order chi connectivity index (χ0) is 33.0. The fourth-order valence-corrected chi connectivity index (χ4v) is 7.49. The summed E-state index contributed by atoms with van der Waals surface area (Å²) in [5.41, 5.74) is 9.60. The van der Waals surface area contributed by atoms with Gasteiger partial charge in [-0.1, -0.05) is 115 Å². The van der Waals surface area contributed by atoms with Crippen molar-refractivity contribution in [1.29, 1.82) is 0 Å². The molecule has 234 valence electrons. The molecule has 0 unspecified atom stereocenters. The Balaban J connectivity index is 1.17. The number of furan rings is 1. The van der Waals surface area contributed by atoms with Crippen LogP contribution >= 0.6 is 0 Å². The molecule has 0 saturated carbocycles. The van der Waals surface area contributed by atoms with Crippen molar-refractivity contribution >= 4 is 71.3 Å². The molecule has 2 heterocycles. The third kappa shape index (κ3) is 4.63. The minimum Gasteiger partial charge on any atom is -0.455 e. The van der Waals surface area contributed by atoms with Crippen molar-refractivity contribution in [2.45, 2.75) is 0 Å². The molecular weight excluding hydrogens is 609 g/mol. The summed E-state index contributed by atoms with van der Waals surface area (Å²) in [6.07, 6.45) is 3.72. The highest BCUT2D eigenvalue weighted by molar-refractivity contribution is 6.15. The Kier molecular flexibility index (Phi) is 6.49. The van der Waals surface area contributed by atoms with Gasteiger partial charge in [-0.2, -0.15) is 0 Å². The highest BCUT2D eigenvalue weighted by Crippen LogP contribution is 2.44. The lowest BCUT2D eigenvalue weighted by Crippen LogP contribution is -2.11. The molecule has 0 aliphatic carbocycles. The van der Waals surface area contributed by atoms with Gasteiger partial charge in [-0.25, -0.2) is 0 Å². The fourth-order valence-electron chi connectivity index (χ4n) is 7.49. The molecule has 3 heteroatoms. The molecule has 0 N–H and O–H groups in total. The number of para-hydroxylation sites is 1. The predicted octanol–water partition coefficient (Wildman–Crippen LogP) is 13.2. The molecule has 0 saturated heterocycles. The number of pyridine rings is 1. The molecule has 0 bridgehead atoms. The Bertz CT molecular complexity index is 2880. The molecule has 0 aliphatic rings. The van der Waals surface area contributed by atoms with Crippen LogP contribution in [0.15, 0.2) is 187 Å². The van der Waals surface area contributed by atoms with E-state index in [2.05, 4.69) is 174 Å². The molecule has 0 fully saturated rings. The zero-order valence-electron chi connectivity index (χ0n) is 27.1. The highest BCUT2D eigenvalue weighted by Gasteiger charge is 2.20. The number of hydrogen-bond acceptors (Lipinski definition) is 3. The standard InChI is InChI=1S/C47H30N2O/c1-2-10-35-28-36(17-16-31(35)8-1)41-13-5-6-15-45(41)49(37-21-18-33(19-22-37)40-14-7-11-32-9-3-4-12-39(32)40)38-23-25-42-43-24-20-34-26-27-48-30-44(34)47(43)50-46(42)29-38/h1-30H. The Morgan fingerprint density at radius 3 is 2.02 bits per heavy atom. The Labute approximate surface area is 289 Å². The summed E-state index contributed by atoms with van der Waals surface area (Å²) >= 11 is 0. The van der Waals surface area contributed by atoms with Crippen LogP contribution < -0.4 is 4.90 Å². The van der Waals surface area contributed by atoms with E-state index in [1.807, 2.05) is 18.5 Å². The first-order chi connectivity index (χ1) is 24.8. The number of nitrogens with zero attached hydrogens (tertiary/aromatic N) is 2. The minimum atomic E-state index is 0.842. The quantitative estimate of drug-likeness (QED) is 0.188. The topological polar surface area (TPSA) is 29.3 Å². The molecule has 0 aliphatic heterocycles. The van der Waals surface area contributed by atoms with Crippen LogP contribution in [-0.4, -0.2) is 4.98 Å². The number of rotatable bonds is 5. The molecule has 8 aromatic carbocycles. The van der Waals surface area contributed by atoms with Gasteiger partial charge >= 0.3 is 0 Å². The maximum Gasteiger partial charge on any atom is 0.144 e. The van der Waals surface area contributed by atoms with E-state index in [1.54, 1.807) is 0 Å². The molecule has 10 aromatic rings. The molecule has 0 spiro atoms. The van der Waals surface area contributed by atoms with Gasteiger partial charge < -0.3 is 9.32 Å². The summed E-state index contributed by atoms with van der Waals surface area (Å²) in [5, 5.41) is 9.25. The van der Waals surface area contributed by atoms with E-state index in [0.29, 0.717) is 0 Å². The number of aromatic nitrogens is 1. The van der Waals surface area contributed by atoms with Crippen LogP contribution in [0.4, 0.5) is 17.1 Å². The first-order valence-electron chi connectivity index (χ1n) is 16.9. The van der Waals surface area contributed by atoms with Crippen LogP contribution in [0.2, 0.25) is 0 Å². The van der Waals surface area contributed by atoms with Crippen LogP contribution in [0.3, 0.4) is 0 Å². The third-order valence-corrected chi connectivity index (χ3v) is 9.93. The van der Waals surface area contributed by atoms with E-state index in [9.17, 15) is 0 Å². The summed E-state index contributed by atoms with van der Waals surface area (Å²) in [6, 6.07) is 60.9. The molecule has 10 rings (SSSR count). The maximum absolute atomic E-state index is 6.64. The van der Waals surface area contributed by atoms with Gasteiger partial charge in [0.2, 0.25) is 0 Å². The lowest BCUT2D eigenvalue weighted by atomic mass is 9.97. The van der Waals surface area contributed by atoms with Gasteiger partial charge in [0, 0.05) is 51.6 Å². The van der Waals surface area contributed by atoms with Crippen molar-refractivity contribution in [2.24, 2.45) is 0 Å². The van der Waals surface area contributed by atoms with Crippen molar-refractivity contribution in [3.63, 3.8) is 0 Å². The average Bonchev–Trinajstić information content (AvgIpc) is 3.57. The Morgan fingerprint density at radius 1 is 0.420 bits per heavy atom. The monoisotopic (exact) mass is 638 g/mol. The summed E-state index contributed by atoms with van der Waals surface area (Å²) in [4.78, 5) is 6.74. The second-order valence-electron chi connectivity index (χ2n) is 12.8. The second-order valence-corrected chi connectivity index (χ2v) is 12.8. The predicted molar refractivity (Wildman–Crippen MR) is 210 cm³/mol. The van der Waals surface area contributed by atoms with E-state index in [0.717, 1.165) is 55.3 Å². The number of hydrogen-bond donors (Lipinski definition) is 0. The lowest BCUT2D eigenvalue weighted by molar-refractivity contribution is 0.672. The van der Waals surface area contributed by atoms with Crippen molar-refractivity contribution < 1.29 is 4.42 Å². The van der Waals surface area contributed by atoms with Crippen LogP contribution in [-0.2, 0) is 0 Å². The van der Waals surface area contributed by atoms with Gasteiger partial charge in [-0.15, -0.1) is 0 Å². The van der Waals surface area contributed by atoms with Crippen molar-refractivity contribution in [3.8, 4) is 22.3 Å². The summed E-state index contributed by atoms with van der Waals surface area (Å²) in [7, 11) is 0. The van der Waals surface area contributed by atoms with Gasteiger partial charge in [0.25, 0.3) is 0 Å². The van der Waals surface area contributed by atoms with E-state index in [-0.39, 0.29) is 0 Å². The normalized spacial score (nSPS) is 11.6. The number of benzene rings is 8. The first-order valence-corrected chi connectivity index (χ1v) is 16.9. The van der Waals surface area contributed by atoms with Crippen LogP contribution in [0, 0.1) is 0 Å². The molecule has 0 radical (unpaired) electrons. The first kappa shape index (κ1) is 28.3. The fraction of sp³-hybridized carbons (Fsp3) is 0. The van der Waals surface area contributed by atoms with Crippen LogP contribution in [0.25, 0.3) is 76.5 Å². The second kappa shape index (κ2) is 11.5. The van der Waals surface area contributed by atoms with E-state index in [4.69, 9.17) is 4.42 Å². The molecule has 0 atom stereocenters. The van der Waals surface area contributed by atoms with Crippen LogP contribution in [0.1, 0.15) is 0 Å². The summed E-state index contributed by atoms with van der Waals surface area (Å²) < 4.78 is 6.64. The lowest BCUT2D eigenvalue weighted by Gasteiger charge is -2.28. The largest absolute Gasteiger partial charge is 0.455 e. The van der Waals surface area contributed by atoms with Gasteiger partial charge in [0.05, 0.1) is 5.69 Å². The highest BCUT2D eigenvalue weighted by atomic mass is 16.3. The minimum absolute atomic E-state index is 0.842. The van der Waals surface area contributed by atoms with Crippen molar-refractivity contribution in [2.75, 3.05) is 4.90 Å². The molecule has 50 heavy (non-hydrogen) atoms. The van der Waals surface area contributed by atoms with Gasteiger partial charge in [0.1, 0.15) is 11.2 Å². The zero-order valence-corrected chi connectivity index (χ0v) is 27.1. The SMILES string of the molecule is c1ccc(N(c2ccc(-c3cccc4ccccc34)cc2)c2ccc3c(c2)oc2c4cnccc4ccc32)c(-c2ccc3ccccc3c2)c1. The summed E-state index contributed by atoms with van der Waals surface area (Å²) in [6.45, 7) is 0.